The lowest BCUT2D eigenvalue weighted by Crippen LogP contribution is -2.25. The number of fused-ring (bicyclic) bond motifs is 1. The molecule has 1 aliphatic carbocycles. The van der Waals surface area contributed by atoms with Crippen LogP contribution >= 0.6 is 0 Å². The van der Waals surface area contributed by atoms with Crippen molar-refractivity contribution in [3.63, 3.8) is 0 Å². The Labute approximate surface area is 203 Å². The number of imidazole rings is 2. The summed E-state index contributed by atoms with van der Waals surface area (Å²) in [5.41, 5.74) is 6.47. The van der Waals surface area contributed by atoms with Crippen molar-refractivity contribution in [1.82, 2.24) is 29.2 Å². The van der Waals surface area contributed by atoms with Gasteiger partial charge in [-0.2, -0.15) is 0 Å². The summed E-state index contributed by atoms with van der Waals surface area (Å²) in [6.45, 7) is 0.881. The van der Waals surface area contributed by atoms with Crippen molar-refractivity contribution in [2.75, 3.05) is 0 Å². The van der Waals surface area contributed by atoms with E-state index < -0.39 is 0 Å². The SMILES string of the molecule is O=C(NC1CC1)c1ccc(-c2c(-c3ccccc3)nc3c(CCCn4ccnc4)nccn23)cc1. The maximum absolute atomic E-state index is 12.5. The largest absolute Gasteiger partial charge is 0.349 e. The van der Waals surface area contributed by atoms with Crippen LogP contribution in [0.2, 0.25) is 0 Å². The molecule has 2 aromatic carbocycles. The minimum absolute atomic E-state index is 0.00939. The number of amides is 1. The third-order valence-corrected chi connectivity index (χ3v) is 6.38. The van der Waals surface area contributed by atoms with Gasteiger partial charge < -0.3 is 9.88 Å². The summed E-state index contributed by atoms with van der Waals surface area (Å²) in [5.74, 6) is -0.00939. The molecule has 1 saturated carbocycles. The van der Waals surface area contributed by atoms with Crippen molar-refractivity contribution < 1.29 is 4.79 Å². The summed E-state index contributed by atoms with van der Waals surface area (Å²) < 4.78 is 4.20. The van der Waals surface area contributed by atoms with Gasteiger partial charge in [-0.05, 0) is 37.8 Å². The van der Waals surface area contributed by atoms with E-state index in [2.05, 4.69) is 36.4 Å². The minimum Gasteiger partial charge on any atom is -0.349 e. The zero-order chi connectivity index (χ0) is 23.6. The van der Waals surface area contributed by atoms with Gasteiger partial charge in [0, 0.05) is 54.1 Å². The third-order valence-electron chi connectivity index (χ3n) is 6.38. The van der Waals surface area contributed by atoms with Crippen LogP contribution in [0.15, 0.2) is 85.7 Å². The molecule has 1 amide bonds. The molecule has 5 aromatic rings. The van der Waals surface area contributed by atoms with E-state index in [0.29, 0.717) is 11.6 Å². The molecular formula is C28H26N6O. The molecule has 1 aliphatic rings. The average molecular weight is 463 g/mol. The number of carbonyl (C=O) groups is 1. The molecule has 6 rings (SSSR count). The minimum atomic E-state index is -0.00939. The lowest BCUT2D eigenvalue weighted by molar-refractivity contribution is 0.0951. The molecule has 0 bridgehead atoms. The molecule has 7 heteroatoms. The van der Waals surface area contributed by atoms with E-state index in [4.69, 9.17) is 4.98 Å². The fraction of sp³-hybridized carbons (Fsp3) is 0.214. The van der Waals surface area contributed by atoms with Crippen LogP contribution in [0.25, 0.3) is 28.2 Å². The third kappa shape index (κ3) is 4.45. The van der Waals surface area contributed by atoms with E-state index in [-0.39, 0.29) is 5.91 Å². The Morgan fingerprint density at radius 1 is 0.971 bits per heavy atom. The van der Waals surface area contributed by atoms with E-state index in [0.717, 1.165) is 66.1 Å². The number of benzene rings is 2. The van der Waals surface area contributed by atoms with Crippen LogP contribution in [0.3, 0.4) is 0 Å². The molecule has 0 unspecified atom stereocenters. The molecule has 7 nitrogen and oxygen atoms in total. The van der Waals surface area contributed by atoms with E-state index in [1.807, 2.05) is 67.4 Å². The van der Waals surface area contributed by atoms with Gasteiger partial charge in [0.05, 0.1) is 23.4 Å². The van der Waals surface area contributed by atoms with Crippen LogP contribution in [0.5, 0.6) is 0 Å². The number of carbonyl (C=O) groups excluding carboxylic acids is 1. The topological polar surface area (TPSA) is 77.1 Å². The Kier molecular flexibility index (Phi) is 5.58. The highest BCUT2D eigenvalue weighted by Gasteiger charge is 2.24. The van der Waals surface area contributed by atoms with Crippen LogP contribution in [-0.4, -0.2) is 35.9 Å². The number of nitrogens with one attached hydrogen (secondary N) is 1. The first-order valence-corrected chi connectivity index (χ1v) is 12.0. The molecule has 0 aliphatic heterocycles. The normalized spacial score (nSPS) is 13.3. The molecule has 0 atom stereocenters. The maximum Gasteiger partial charge on any atom is 0.251 e. The van der Waals surface area contributed by atoms with Crippen LogP contribution in [0.4, 0.5) is 0 Å². The van der Waals surface area contributed by atoms with Crippen molar-refractivity contribution in [2.24, 2.45) is 0 Å². The Morgan fingerprint density at radius 2 is 1.80 bits per heavy atom. The van der Waals surface area contributed by atoms with Crippen molar-refractivity contribution in [3.05, 3.63) is 97.0 Å². The van der Waals surface area contributed by atoms with Gasteiger partial charge in [0.15, 0.2) is 5.65 Å². The number of hydrogen-bond acceptors (Lipinski definition) is 4. The first kappa shape index (κ1) is 21.3. The van der Waals surface area contributed by atoms with Crippen LogP contribution in [0, 0.1) is 0 Å². The molecule has 3 heterocycles. The second-order valence-corrected chi connectivity index (χ2v) is 8.97. The number of nitrogens with zero attached hydrogens (tertiary/aromatic N) is 5. The van der Waals surface area contributed by atoms with Crippen molar-refractivity contribution in [2.45, 2.75) is 38.3 Å². The number of aromatic nitrogens is 5. The molecule has 3 aromatic heterocycles. The standard InChI is InChI=1S/C28H26N6O/c35-28(31-23-12-13-23)22-10-8-21(9-11-22)26-25(20-5-2-1-3-6-20)32-27-24(30-15-18-34(26)27)7-4-16-33-17-14-29-19-33/h1-3,5-6,8-11,14-15,17-19,23H,4,7,12-13,16H2,(H,31,35). The number of hydrogen-bond donors (Lipinski definition) is 1. The summed E-state index contributed by atoms with van der Waals surface area (Å²) in [5, 5.41) is 3.06. The second kappa shape index (κ2) is 9.18. The highest BCUT2D eigenvalue weighted by atomic mass is 16.1. The molecule has 1 fully saturated rings. The average Bonchev–Trinajstić information content (AvgIpc) is 3.39. The van der Waals surface area contributed by atoms with E-state index in [1.165, 1.54) is 0 Å². The quantitative estimate of drug-likeness (QED) is 0.360. The van der Waals surface area contributed by atoms with Crippen molar-refractivity contribution >= 4 is 11.6 Å². The lowest BCUT2D eigenvalue weighted by atomic mass is 10.0. The summed E-state index contributed by atoms with van der Waals surface area (Å²) in [7, 11) is 0. The zero-order valence-electron chi connectivity index (χ0n) is 19.3. The van der Waals surface area contributed by atoms with Gasteiger partial charge in [0.25, 0.3) is 5.91 Å². The van der Waals surface area contributed by atoms with Crippen molar-refractivity contribution in [3.8, 4) is 22.5 Å². The second-order valence-electron chi connectivity index (χ2n) is 8.97. The monoisotopic (exact) mass is 462 g/mol. The first-order valence-electron chi connectivity index (χ1n) is 12.0. The molecule has 0 spiro atoms. The lowest BCUT2D eigenvalue weighted by Gasteiger charge is -2.09. The summed E-state index contributed by atoms with van der Waals surface area (Å²) in [6, 6.07) is 18.4. The molecule has 174 valence electrons. The molecule has 1 N–H and O–H groups in total. The molecular weight excluding hydrogens is 436 g/mol. The van der Waals surface area contributed by atoms with Gasteiger partial charge in [-0.25, -0.2) is 9.97 Å². The van der Waals surface area contributed by atoms with E-state index in [1.54, 1.807) is 6.20 Å². The Balaban J connectivity index is 1.38. The van der Waals surface area contributed by atoms with Gasteiger partial charge in [0.2, 0.25) is 0 Å². The zero-order valence-corrected chi connectivity index (χ0v) is 19.3. The Hall–Kier alpha value is -4.26. The van der Waals surface area contributed by atoms with Crippen LogP contribution < -0.4 is 5.32 Å². The van der Waals surface area contributed by atoms with Gasteiger partial charge in [-0.3, -0.25) is 14.2 Å². The maximum atomic E-state index is 12.5. The van der Waals surface area contributed by atoms with E-state index in [9.17, 15) is 4.79 Å². The Bertz CT molecular complexity index is 1450. The van der Waals surface area contributed by atoms with Crippen LogP contribution in [-0.2, 0) is 13.0 Å². The summed E-state index contributed by atoms with van der Waals surface area (Å²) in [4.78, 5) is 26.4. The highest BCUT2D eigenvalue weighted by molar-refractivity contribution is 5.95. The van der Waals surface area contributed by atoms with Gasteiger partial charge >= 0.3 is 0 Å². The molecule has 35 heavy (non-hydrogen) atoms. The van der Waals surface area contributed by atoms with Gasteiger partial charge in [-0.15, -0.1) is 0 Å². The number of rotatable bonds is 8. The van der Waals surface area contributed by atoms with Crippen LogP contribution in [0.1, 0.15) is 35.3 Å². The summed E-state index contributed by atoms with van der Waals surface area (Å²) >= 11 is 0. The number of aryl methyl sites for hydroxylation is 2. The van der Waals surface area contributed by atoms with Crippen molar-refractivity contribution in [1.29, 1.82) is 0 Å². The summed E-state index contributed by atoms with van der Waals surface area (Å²) in [6.07, 6.45) is 13.3. The Morgan fingerprint density at radius 3 is 2.54 bits per heavy atom. The highest BCUT2D eigenvalue weighted by Crippen LogP contribution is 2.33. The van der Waals surface area contributed by atoms with E-state index >= 15 is 0 Å². The van der Waals surface area contributed by atoms with Gasteiger partial charge in [-0.1, -0.05) is 42.5 Å². The molecule has 0 saturated heterocycles. The molecule has 0 radical (unpaired) electrons. The smallest absolute Gasteiger partial charge is 0.251 e. The fourth-order valence-corrected chi connectivity index (χ4v) is 4.40. The van der Waals surface area contributed by atoms with Gasteiger partial charge in [0.1, 0.15) is 0 Å². The first-order chi connectivity index (χ1) is 17.3. The fourth-order valence-electron chi connectivity index (χ4n) is 4.40. The predicted molar refractivity (Wildman–Crippen MR) is 135 cm³/mol. The predicted octanol–water partition coefficient (Wildman–Crippen LogP) is 4.78.